The number of methoxy groups -OCH3 is 2. The summed E-state index contributed by atoms with van der Waals surface area (Å²) in [6.07, 6.45) is 5.05. The molecule has 5 rings (SSSR count). The van der Waals surface area contributed by atoms with Gasteiger partial charge in [-0.15, -0.1) is 0 Å². The number of benzene rings is 1. The average Bonchev–Trinajstić information content (AvgIpc) is 3.42. The molecule has 14 nitrogen and oxygen atoms in total. The molecule has 4 atom stereocenters. The molecule has 3 N–H and O–H groups in total. The number of ketones is 1. The predicted molar refractivity (Wildman–Crippen MR) is 187 cm³/mol. The molecule has 0 aromatic heterocycles. The molecule has 3 fully saturated rings. The molecule has 4 amide bonds. The zero-order valence-electron chi connectivity index (χ0n) is 30.9. The van der Waals surface area contributed by atoms with Crippen LogP contribution in [0.25, 0.3) is 0 Å². The maximum absolute atomic E-state index is 14.6. The van der Waals surface area contributed by atoms with E-state index in [9.17, 15) is 24.0 Å². The molecule has 14 heteroatoms. The number of hydrogen-bond donors (Lipinski definition) is 3. The topological polar surface area (TPSA) is 174 Å². The van der Waals surface area contributed by atoms with Crippen LogP contribution in [-0.4, -0.2) is 97.3 Å². The van der Waals surface area contributed by atoms with Gasteiger partial charge in [0.1, 0.15) is 29.7 Å². The Labute approximate surface area is 299 Å². The first kappa shape index (κ1) is 37.9. The molecule has 4 aliphatic rings. The lowest BCUT2D eigenvalue weighted by molar-refractivity contribution is -0.144. The number of Topliss-reactive ketones (excluding diaryl/α,β-unsaturated/α-hetero) is 1. The first-order valence-electron chi connectivity index (χ1n) is 18.1. The number of rotatable bonds is 13. The van der Waals surface area contributed by atoms with Gasteiger partial charge in [0.2, 0.25) is 17.6 Å². The van der Waals surface area contributed by atoms with Crippen molar-refractivity contribution in [1.29, 1.82) is 0 Å². The van der Waals surface area contributed by atoms with Crippen LogP contribution in [-0.2, 0) is 28.8 Å². The minimum Gasteiger partial charge on any atom is -0.496 e. The van der Waals surface area contributed by atoms with Crippen molar-refractivity contribution in [3.8, 4) is 11.5 Å². The average molecular weight is 712 g/mol. The Bertz CT molecular complexity index is 1550. The number of oxime groups is 1. The Hall–Kier alpha value is -4.36. The molecule has 2 aliphatic carbocycles. The third-order valence-corrected chi connectivity index (χ3v) is 10.3. The van der Waals surface area contributed by atoms with E-state index in [1.165, 1.54) is 4.90 Å². The Morgan fingerprint density at radius 2 is 1.71 bits per heavy atom. The largest absolute Gasteiger partial charge is 0.496 e. The molecular formula is C37H53N5O9. The molecule has 1 aromatic rings. The molecular weight excluding hydrogens is 658 g/mol. The van der Waals surface area contributed by atoms with Gasteiger partial charge >= 0.3 is 6.09 Å². The van der Waals surface area contributed by atoms with E-state index >= 15 is 0 Å². The quantitative estimate of drug-likeness (QED) is 0.259. The number of hydrogen-bond acceptors (Lipinski definition) is 10. The first-order chi connectivity index (χ1) is 24.2. The lowest BCUT2D eigenvalue weighted by atomic mass is 9.85. The number of amides is 4. The van der Waals surface area contributed by atoms with Crippen LogP contribution < -0.4 is 25.4 Å². The van der Waals surface area contributed by atoms with Crippen molar-refractivity contribution in [2.75, 3.05) is 27.3 Å². The van der Waals surface area contributed by atoms with E-state index in [1.807, 2.05) is 33.8 Å². The number of carbonyl (C=O) groups excluding carboxylic acids is 5. The van der Waals surface area contributed by atoms with Crippen molar-refractivity contribution < 1.29 is 43.0 Å². The van der Waals surface area contributed by atoms with Crippen LogP contribution in [0.15, 0.2) is 17.3 Å². The van der Waals surface area contributed by atoms with Gasteiger partial charge in [-0.3, -0.25) is 19.2 Å². The van der Waals surface area contributed by atoms with Gasteiger partial charge in [-0.05, 0) is 68.9 Å². The Balaban J connectivity index is 1.43. The summed E-state index contributed by atoms with van der Waals surface area (Å²) in [6, 6.07) is 0.474. The molecule has 0 unspecified atom stereocenters. The minimum atomic E-state index is -1.09. The number of nitrogens with zero attached hydrogens (tertiary/aromatic N) is 2. The van der Waals surface area contributed by atoms with Crippen LogP contribution in [0.1, 0.15) is 96.6 Å². The summed E-state index contributed by atoms with van der Waals surface area (Å²) in [5.74, 6) is -1.17. The fourth-order valence-electron chi connectivity index (χ4n) is 7.27. The highest BCUT2D eigenvalue weighted by Gasteiger charge is 2.56. The number of likely N-dealkylation sites (tertiary alicyclic amines) is 1. The number of likely N-dealkylation sites (N-methyl/N-ethyl adjacent to an activating group) is 1. The molecule has 2 heterocycles. The van der Waals surface area contributed by atoms with Crippen LogP contribution >= 0.6 is 0 Å². The zero-order chi connectivity index (χ0) is 37.1. The smallest absolute Gasteiger partial charge is 0.408 e. The molecule has 2 saturated carbocycles. The predicted octanol–water partition coefficient (Wildman–Crippen LogP) is 3.55. The monoisotopic (exact) mass is 711 g/mol. The van der Waals surface area contributed by atoms with Gasteiger partial charge in [0, 0.05) is 31.0 Å². The van der Waals surface area contributed by atoms with E-state index in [0.717, 1.165) is 44.1 Å². The van der Waals surface area contributed by atoms with Gasteiger partial charge in [0.15, 0.2) is 5.60 Å². The van der Waals surface area contributed by atoms with Gasteiger partial charge in [0.25, 0.3) is 5.91 Å². The van der Waals surface area contributed by atoms with Crippen molar-refractivity contribution in [2.24, 2.45) is 16.5 Å². The van der Waals surface area contributed by atoms with Crippen molar-refractivity contribution in [2.45, 2.75) is 122 Å². The van der Waals surface area contributed by atoms with Gasteiger partial charge in [0.05, 0.1) is 32.5 Å². The summed E-state index contributed by atoms with van der Waals surface area (Å²) in [5.41, 5.74) is 0.277. The third-order valence-electron chi connectivity index (χ3n) is 10.3. The van der Waals surface area contributed by atoms with E-state index in [-0.39, 0.29) is 38.0 Å². The zero-order valence-corrected chi connectivity index (χ0v) is 30.9. The highest BCUT2D eigenvalue weighted by Crippen LogP contribution is 2.42. The molecule has 2 aliphatic heterocycles. The second kappa shape index (κ2) is 15.5. The second-order valence-corrected chi connectivity index (χ2v) is 15.4. The summed E-state index contributed by atoms with van der Waals surface area (Å²) in [7, 11) is 3.13. The SMILES string of the molecule is CCNC(=O)C(=O)[C@H](CC1CC1)NC(=O)[C@@H]1C[C@]2(CC(c3cc(C)c(OC)cc3OC)=NO2)CN1C(=O)[C@@H](NC(=O)OC1CCCC1)C(C)(C)C. The van der Waals surface area contributed by atoms with Crippen LogP contribution in [0.5, 0.6) is 11.5 Å². The van der Waals surface area contributed by atoms with E-state index in [4.69, 9.17) is 19.0 Å². The van der Waals surface area contributed by atoms with Crippen molar-refractivity contribution in [3.63, 3.8) is 0 Å². The van der Waals surface area contributed by atoms with Crippen LogP contribution in [0.3, 0.4) is 0 Å². The first-order valence-corrected chi connectivity index (χ1v) is 18.1. The van der Waals surface area contributed by atoms with Crippen LogP contribution in [0.4, 0.5) is 4.79 Å². The molecule has 1 saturated heterocycles. The third kappa shape index (κ3) is 8.75. The summed E-state index contributed by atoms with van der Waals surface area (Å²) in [4.78, 5) is 75.3. The lowest BCUT2D eigenvalue weighted by Crippen LogP contribution is -2.59. The van der Waals surface area contributed by atoms with Gasteiger partial charge in [-0.1, -0.05) is 38.8 Å². The maximum Gasteiger partial charge on any atom is 0.408 e. The number of ether oxygens (including phenoxy) is 3. The molecule has 51 heavy (non-hydrogen) atoms. The van der Waals surface area contributed by atoms with E-state index in [0.29, 0.717) is 29.2 Å². The van der Waals surface area contributed by atoms with E-state index in [1.54, 1.807) is 27.2 Å². The fraction of sp³-hybridized carbons (Fsp3) is 0.676. The normalized spacial score (nSPS) is 22.8. The summed E-state index contributed by atoms with van der Waals surface area (Å²) < 4.78 is 16.8. The minimum absolute atomic E-state index is 0.0160. The Morgan fingerprint density at radius 3 is 2.31 bits per heavy atom. The van der Waals surface area contributed by atoms with E-state index < -0.39 is 58.7 Å². The number of nitrogens with one attached hydrogen (secondary N) is 3. The summed E-state index contributed by atoms with van der Waals surface area (Å²) in [6.45, 7) is 9.35. The van der Waals surface area contributed by atoms with Crippen LogP contribution in [0.2, 0.25) is 0 Å². The fourth-order valence-corrected chi connectivity index (χ4v) is 7.27. The van der Waals surface area contributed by atoms with Gasteiger partial charge in [-0.2, -0.15) is 0 Å². The van der Waals surface area contributed by atoms with Crippen molar-refractivity contribution in [3.05, 3.63) is 23.3 Å². The highest BCUT2D eigenvalue weighted by molar-refractivity contribution is 6.38. The lowest BCUT2D eigenvalue weighted by Gasteiger charge is -2.35. The molecule has 280 valence electrons. The summed E-state index contributed by atoms with van der Waals surface area (Å²) in [5, 5.41) is 12.6. The Morgan fingerprint density at radius 1 is 1.02 bits per heavy atom. The number of alkyl carbamates (subject to hydrolysis) is 1. The maximum atomic E-state index is 14.6. The highest BCUT2D eigenvalue weighted by atomic mass is 16.7. The molecule has 1 spiro atoms. The Kier molecular flexibility index (Phi) is 11.5. The standard InChI is InChI=1S/C37H53N5O9/c1-8-38-33(45)30(43)25(16-22-13-14-22)39-32(44)27-19-37(18-26(41-51-37)24-15-21(2)28(48-6)17-29(24)49-7)20-42(27)34(46)31(36(3,4)5)40-35(47)50-23-11-9-10-12-23/h15,17,22-23,25,27,31H,8-14,16,18-20H2,1-7H3,(H,38,45)(H,39,44)(H,40,47)/t25-,27-,31+,37+/m0/s1. The van der Waals surface area contributed by atoms with E-state index in [2.05, 4.69) is 21.1 Å². The second-order valence-electron chi connectivity index (χ2n) is 15.4. The van der Waals surface area contributed by atoms with Gasteiger partial charge < -0.3 is 39.9 Å². The van der Waals surface area contributed by atoms with Crippen LogP contribution in [0, 0.1) is 18.3 Å². The van der Waals surface area contributed by atoms with Crippen molar-refractivity contribution >= 4 is 35.3 Å². The molecule has 0 bridgehead atoms. The molecule has 1 aromatic carbocycles. The number of carbonyl (C=O) groups is 5. The van der Waals surface area contributed by atoms with Crippen molar-refractivity contribution in [1.82, 2.24) is 20.9 Å². The molecule has 0 radical (unpaired) electrons. The summed E-state index contributed by atoms with van der Waals surface area (Å²) >= 11 is 0. The van der Waals surface area contributed by atoms with Gasteiger partial charge in [-0.25, -0.2) is 4.79 Å². The number of aryl methyl sites for hydroxylation is 1.